The normalized spacial score (nSPS) is 10.8. The van der Waals surface area contributed by atoms with Crippen molar-refractivity contribution in [2.24, 2.45) is 0 Å². The molecular weight excluding hydrogens is 388 g/mol. The second-order valence-corrected chi connectivity index (χ2v) is 8.76. The van der Waals surface area contributed by atoms with Gasteiger partial charge in [0.15, 0.2) is 0 Å². The van der Waals surface area contributed by atoms with Gasteiger partial charge in [0.2, 0.25) is 0 Å². The number of carboxylic acid groups (broad SMARTS) is 2. The number of thiophene rings is 1. The lowest BCUT2D eigenvalue weighted by Gasteiger charge is -2.17. The standard InChI is InChI=1S/C19H14O4S3/c20-17(21)12-6-1-3-8-14(12)25-19(16-10-5-11-24-16)26-15-9-4-2-7-13(15)18(22)23/h1-11,19H,(H,20,21)(H,22,23). The molecule has 0 amide bonds. The van der Waals surface area contributed by atoms with Crippen LogP contribution in [0.5, 0.6) is 0 Å². The zero-order valence-corrected chi connectivity index (χ0v) is 15.8. The van der Waals surface area contributed by atoms with E-state index in [-0.39, 0.29) is 15.7 Å². The summed E-state index contributed by atoms with van der Waals surface area (Å²) in [6.45, 7) is 0. The lowest BCUT2D eigenvalue weighted by molar-refractivity contribution is 0.0682. The van der Waals surface area contributed by atoms with Crippen molar-refractivity contribution < 1.29 is 19.8 Å². The van der Waals surface area contributed by atoms with Crippen LogP contribution in [0.2, 0.25) is 0 Å². The van der Waals surface area contributed by atoms with Crippen LogP contribution in [-0.4, -0.2) is 22.2 Å². The molecule has 2 N–H and O–H groups in total. The van der Waals surface area contributed by atoms with E-state index in [9.17, 15) is 19.8 Å². The van der Waals surface area contributed by atoms with Crippen molar-refractivity contribution in [1.82, 2.24) is 0 Å². The predicted octanol–water partition coefficient (Wildman–Crippen LogP) is 5.73. The third-order valence-electron chi connectivity index (χ3n) is 3.48. The molecule has 4 nitrogen and oxygen atoms in total. The Balaban J connectivity index is 1.96. The van der Waals surface area contributed by atoms with Crippen LogP contribution in [-0.2, 0) is 0 Å². The zero-order chi connectivity index (χ0) is 18.5. The molecule has 1 aromatic heterocycles. The van der Waals surface area contributed by atoms with Crippen LogP contribution in [0, 0.1) is 0 Å². The number of carboxylic acids is 2. The summed E-state index contributed by atoms with van der Waals surface area (Å²) in [6, 6.07) is 17.6. The van der Waals surface area contributed by atoms with Gasteiger partial charge in [0.05, 0.1) is 15.7 Å². The van der Waals surface area contributed by atoms with Crippen molar-refractivity contribution in [2.45, 2.75) is 14.4 Å². The van der Waals surface area contributed by atoms with Gasteiger partial charge in [-0.2, -0.15) is 0 Å². The molecule has 0 fully saturated rings. The van der Waals surface area contributed by atoms with E-state index in [1.54, 1.807) is 59.9 Å². The van der Waals surface area contributed by atoms with E-state index >= 15 is 0 Å². The minimum atomic E-state index is -0.978. The van der Waals surface area contributed by atoms with E-state index in [1.165, 1.54) is 23.5 Å². The Morgan fingerprint density at radius 1 is 0.769 bits per heavy atom. The molecule has 3 aromatic rings. The first-order chi connectivity index (χ1) is 12.6. The van der Waals surface area contributed by atoms with Crippen LogP contribution in [0.4, 0.5) is 0 Å². The maximum atomic E-state index is 11.5. The van der Waals surface area contributed by atoms with E-state index in [0.29, 0.717) is 9.79 Å². The molecule has 0 spiro atoms. The fraction of sp³-hybridized carbons (Fsp3) is 0.0526. The second kappa shape index (κ2) is 8.44. The Labute approximate surface area is 162 Å². The topological polar surface area (TPSA) is 74.6 Å². The third-order valence-corrected chi connectivity index (χ3v) is 7.45. The average Bonchev–Trinajstić information content (AvgIpc) is 3.16. The Morgan fingerprint density at radius 3 is 1.69 bits per heavy atom. The van der Waals surface area contributed by atoms with Crippen LogP contribution < -0.4 is 0 Å². The number of carbonyl (C=O) groups is 2. The maximum absolute atomic E-state index is 11.5. The van der Waals surface area contributed by atoms with E-state index in [1.807, 2.05) is 17.5 Å². The number of hydrogen-bond acceptors (Lipinski definition) is 5. The van der Waals surface area contributed by atoms with Gasteiger partial charge in [-0.05, 0) is 35.7 Å². The van der Waals surface area contributed by atoms with Crippen molar-refractivity contribution in [3.63, 3.8) is 0 Å². The van der Waals surface area contributed by atoms with Crippen LogP contribution in [0.3, 0.4) is 0 Å². The van der Waals surface area contributed by atoms with Gasteiger partial charge in [-0.1, -0.05) is 30.3 Å². The van der Waals surface area contributed by atoms with Gasteiger partial charge in [-0.15, -0.1) is 34.9 Å². The van der Waals surface area contributed by atoms with Gasteiger partial charge >= 0.3 is 11.9 Å². The van der Waals surface area contributed by atoms with Crippen LogP contribution in [0.15, 0.2) is 75.8 Å². The number of benzene rings is 2. The monoisotopic (exact) mass is 402 g/mol. The zero-order valence-electron chi connectivity index (χ0n) is 13.4. The summed E-state index contributed by atoms with van der Waals surface area (Å²) < 4.78 is -0.156. The molecule has 0 aliphatic heterocycles. The second-order valence-electron chi connectivity index (χ2n) is 5.19. The van der Waals surface area contributed by atoms with Crippen molar-refractivity contribution in [1.29, 1.82) is 0 Å². The SMILES string of the molecule is O=C(O)c1ccccc1SC(Sc1ccccc1C(=O)O)c1cccs1. The Kier molecular flexibility index (Phi) is 6.03. The fourth-order valence-corrected chi connectivity index (χ4v) is 6.04. The van der Waals surface area contributed by atoms with E-state index < -0.39 is 11.9 Å². The van der Waals surface area contributed by atoms with Crippen LogP contribution >= 0.6 is 34.9 Å². The molecule has 0 radical (unpaired) electrons. The summed E-state index contributed by atoms with van der Waals surface area (Å²) in [5.74, 6) is -1.96. The highest BCUT2D eigenvalue weighted by Gasteiger charge is 2.22. The molecule has 0 aliphatic carbocycles. The van der Waals surface area contributed by atoms with E-state index in [0.717, 1.165) is 4.88 Å². The molecule has 0 saturated carbocycles. The van der Waals surface area contributed by atoms with Gasteiger partial charge in [0.25, 0.3) is 0 Å². The van der Waals surface area contributed by atoms with Crippen molar-refractivity contribution in [2.75, 3.05) is 0 Å². The molecule has 26 heavy (non-hydrogen) atoms. The minimum absolute atomic E-state index is 0.156. The van der Waals surface area contributed by atoms with Gasteiger partial charge in [-0.3, -0.25) is 0 Å². The summed E-state index contributed by atoms with van der Waals surface area (Å²) in [7, 11) is 0. The lowest BCUT2D eigenvalue weighted by atomic mass is 10.2. The summed E-state index contributed by atoms with van der Waals surface area (Å²) >= 11 is 4.39. The highest BCUT2D eigenvalue weighted by Crippen LogP contribution is 2.49. The highest BCUT2D eigenvalue weighted by atomic mass is 32.2. The Morgan fingerprint density at radius 2 is 1.27 bits per heavy atom. The van der Waals surface area contributed by atoms with Crippen LogP contribution in [0.25, 0.3) is 0 Å². The van der Waals surface area contributed by atoms with Gasteiger partial charge in [0, 0.05) is 14.7 Å². The predicted molar refractivity (Wildman–Crippen MR) is 106 cm³/mol. The maximum Gasteiger partial charge on any atom is 0.336 e. The molecule has 0 bridgehead atoms. The number of thioether (sulfide) groups is 2. The largest absolute Gasteiger partial charge is 0.478 e. The van der Waals surface area contributed by atoms with Crippen molar-refractivity contribution in [3.8, 4) is 0 Å². The first-order valence-corrected chi connectivity index (χ1v) is 10.2. The summed E-state index contributed by atoms with van der Waals surface area (Å²) in [4.78, 5) is 25.3. The molecule has 0 aliphatic rings. The summed E-state index contributed by atoms with van der Waals surface area (Å²) in [5.41, 5.74) is 0.484. The molecule has 0 atom stereocenters. The minimum Gasteiger partial charge on any atom is -0.478 e. The van der Waals surface area contributed by atoms with Gasteiger partial charge in [0.1, 0.15) is 0 Å². The average molecular weight is 403 g/mol. The summed E-state index contributed by atoms with van der Waals surface area (Å²) in [5, 5.41) is 20.8. The first-order valence-electron chi connectivity index (χ1n) is 7.57. The van der Waals surface area contributed by atoms with Gasteiger partial charge < -0.3 is 10.2 Å². The smallest absolute Gasteiger partial charge is 0.336 e. The quantitative estimate of drug-likeness (QED) is 0.388. The molecule has 0 saturated heterocycles. The van der Waals surface area contributed by atoms with Crippen LogP contribution in [0.1, 0.15) is 30.2 Å². The number of aromatic carboxylic acids is 2. The molecular formula is C19H14O4S3. The molecule has 132 valence electrons. The van der Waals surface area contributed by atoms with Crippen molar-refractivity contribution in [3.05, 3.63) is 82.0 Å². The van der Waals surface area contributed by atoms with Crippen molar-refractivity contribution >= 4 is 46.8 Å². The molecule has 0 unspecified atom stereocenters. The van der Waals surface area contributed by atoms with Gasteiger partial charge in [-0.25, -0.2) is 9.59 Å². The fourth-order valence-electron chi connectivity index (χ4n) is 2.29. The number of hydrogen-bond donors (Lipinski definition) is 2. The summed E-state index contributed by atoms with van der Waals surface area (Å²) in [6.07, 6.45) is 0. The third kappa shape index (κ3) is 4.30. The molecule has 2 aromatic carbocycles. The first kappa shape index (κ1) is 18.6. The highest BCUT2D eigenvalue weighted by molar-refractivity contribution is 8.16. The molecule has 3 rings (SSSR count). The molecule has 1 heterocycles. The Bertz CT molecular complexity index is 863. The van der Waals surface area contributed by atoms with E-state index in [4.69, 9.17) is 0 Å². The Hall–Kier alpha value is -2.22. The molecule has 7 heteroatoms. The lowest BCUT2D eigenvalue weighted by Crippen LogP contribution is -2.01. The number of rotatable bonds is 7. The van der Waals surface area contributed by atoms with E-state index in [2.05, 4.69) is 0 Å².